The summed E-state index contributed by atoms with van der Waals surface area (Å²) in [5.74, 6) is 0.0938. The fourth-order valence-electron chi connectivity index (χ4n) is 2.41. The van der Waals surface area contributed by atoms with Crippen molar-refractivity contribution in [2.75, 3.05) is 6.54 Å². The van der Waals surface area contributed by atoms with Gasteiger partial charge in [0.25, 0.3) is 0 Å². The van der Waals surface area contributed by atoms with E-state index < -0.39 is 6.61 Å². The molecule has 1 aromatic rings. The number of carbonyl (C=O) groups excluding carboxylic acids is 1. The highest BCUT2D eigenvalue weighted by atomic mass is 35.5. The van der Waals surface area contributed by atoms with Gasteiger partial charge in [-0.2, -0.15) is 8.78 Å². The average molecular weight is 335 g/mol. The third kappa shape index (κ3) is 5.42. The van der Waals surface area contributed by atoms with E-state index in [0.717, 1.165) is 31.4 Å². The summed E-state index contributed by atoms with van der Waals surface area (Å²) in [6, 6.07) is 5.99. The van der Waals surface area contributed by atoms with Gasteiger partial charge >= 0.3 is 6.61 Å². The Morgan fingerprint density at radius 2 is 2.00 bits per heavy atom. The minimum atomic E-state index is -2.83. The van der Waals surface area contributed by atoms with Crippen LogP contribution in [0.2, 0.25) is 0 Å². The molecule has 2 unspecified atom stereocenters. The van der Waals surface area contributed by atoms with Gasteiger partial charge in [0.15, 0.2) is 0 Å². The summed E-state index contributed by atoms with van der Waals surface area (Å²) in [6.45, 7) is -0.0964. The van der Waals surface area contributed by atoms with Crippen molar-refractivity contribution in [3.63, 3.8) is 0 Å². The number of amides is 1. The van der Waals surface area contributed by atoms with Gasteiger partial charge in [0.2, 0.25) is 5.91 Å². The predicted octanol–water partition coefficient (Wildman–Crippen LogP) is 3.03. The zero-order valence-corrected chi connectivity index (χ0v) is 13.2. The van der Waals surface area contributed by atoms with Gasteiger partial charge in [-0.1, -0.05) is 18.6 Å². The van der Waals surface area contributed by atoms with Gasteiger partial charge in [-0.15, -0.1) is 12.4 Å². The maximum Gasteiger partial charge on any atom is 0.387 e. The van der Waals surface area contributed by atoms with Crippen molar-refractivity contribution in [2.45, 2.75) is 44.9 Å². The maximum absolute atomic E-state index is 12.1. The number of rotatable bonds is 5. The number of ether oxygens (including phenoxy) is 1. The van der Waals surface area contributed by atoms with E-state index in [1.165, 1.54) is 12.1 Å². The largest absolute Gasteiger partial charge is 0.435 e. The number of halogens is 3. The van der Waals surface area contributed by atoms with E-state index in [-0.39, 0.29) is 36.1 Å². The second-order valence-corrected chi connectivity index (χ2v) is 5.18. The van der Waals surface area contributed by atoms with E-state index in [0.29, 0.717) is 0 Å². The molecule has 2 N–H and O–H groups in total. The molecule has 0 bridgehead atoms. The monoisotopic (exact) mass is 334 g/mol. The minimum absolute atomic E-state index is 0. The van der Waals surface area contributed by atoms with Crippen LogP contribution in [0.3, 0.4) is 0 Å². The number of hydrogen-bond donors (Lipinski definition) is 2. The average Bonchev–Trinajstić information content (AvgIpc) is 2.48. The smallest absolute Gasteiger partial charge is 0.387 e. The molecule has 1 saturated heterocycles. The lowest BCUT2D eigenvalue weighted by Crippen LogP contribution is -2.47. The third-order valence-electron chi connectivity index (χ3n) is 3.59. The Bertz CT molecular complexity index is 465. The summed E-state index contributed by atoms with van der Waals surface area (Å²) in [4.78, 5) is 12.1. The zero-order chi connectivity index (χ0) is 15.2. The molecule has 22 heavy (non-hydrogen) atoms. The van der Waals surface area contributed by atoms with Crippen LogP contribution in [-0.2, 0) is 4.79 Å². The van der Waals surface area contributed by atoms with E-state index in [1.807, 2.05) is 6.92 Å². The molecule has 0 radical (unpaired) electrons. The topological polar surface area (TPSA) is 50.4 Å². The van der Waals surface area contributed by atoms with E-state index in [2.05, 4.69) is 15.4 Å². The lowest BCUT2D eigenvalue weighted by Gasteiger charge is -2.24. The van der Waals surface area contributed by atoms with Gasteiger partial charge in [-0.3, -0.25) is 4.79 Å². The second-order valence-electron chi connectivity index (χ2n) is 5.18. The molecule has 1 amide bonds. The van der Waals surface area contributed by atoms with Gasteiger partial charge in [-0.05, 0) is 44.0 Å². The molecular weight excluding hydrogens is 314 g/mol. The van der Waals surface area contributed by atoms with E-state index in [4.69, 9.17) is 0 Å². The normalized spacial score (nSPS) is 19.2. The molecule has 1 heterocycles. The fourth-order valence-corrected chi connectivity index (χ4v) is 2.41. The van der Waals surface area contributed by atoms with Crippen molar-refractivity contribution in [1.82, 2.24) is 10.6 Å². The summed E-state index contributed by atoms with van der Waals surface area (Å²) in [6.07, 6.45) is 3.00. The van der Waals surface area contributed by atoms with Crippen LogP contribution < -0.4 is 15.4 Å². The van der Waals surface area contributed by atoms with Gasteiger partial charge < -0.3 is 15.4 Å². The lowest BCUT2D eigenvalue weighted by atomic mass is 10.0. The van der Waals surface area contributed by atoms with Gasteiger partial charge in [0.05, 0.1) is 12.1 Å². The van der Waals surface area contributed by atoms with Crippen molar-refractivity contribution >= 4 is 18.3 Å². The Morgan fingerprint density at radius 1 is 1.32 bits per heavy atom. The Balaban J connectivity index is 0.00000242. The molecular formula is C15H21ClF2N2O2. The molecule has 1 aliphatic rings. The summed E-state index contributed by atoms with van der Waals surface area (Å²) in [5.41, 5.74) is 0.848. The van der Waals surface area contributed by atoms with Crippen LogP contribution in [0.4, 0.5) is 8.78 Å². The molecule has 0 saturated carbocycles. The number of carbonyl (C=O) groups is 1. The first kappa shape index (κ1) is 18.6. The first-order chi connectivity index (χ1) is 10.1. The standard InChI is InChI=1S/C15H20F2N2O2.ClH/c1-10(19-14(20)13-4-2-3-9-18-13)11-5-7-12(8-6-11)21-15(16)17;/h5-8,10,13,15,18H,2-4,9H2,1H3,(H,19,20);1H. The van der Waals surface area contributed by atoms with Crippen LogP contribution in [0.5, 0.6) is 5.75 Å². The van der Waals surface area contributed by atoms with E-state index >= 15 is 0 Å². The molecule has 0 spiro atoms. The fraction of sp³-hybridized carbons (Fsp3) is 0.533. The molecule has 124 valence electrons. The molecule has 1 fully saturated rings. The van der Waals surface area contributed by atoms with E-state index in [9.17, 15) is 13.6 Å². The maximum atomic E-state index is 12.1. The molecule has 2 atom stereocenters. The van der Waals surface area contributed by atoms with Gasteiger partial charge in [0, 0.05) is 0 Å². The van der Waals surface area contributed by atoms with Crippen LogP contribution in [0.1, 0.15) is 37.8 Å². The summed E-state index contributed by atoms with van der Waals surface area (Å²) >= 11 is 0. The Kier molecular flexibility index (Phi) is 7.55. The van der Waals surface area contributed by atoms with Crippen LogP contribution >= 0.6 is 12.4 Å². The number of benzene rings is 1. The number of hydrogen-bond acceptors (Lipinski definition) is 3. The highest BCUT2D eigenvalue weighted by molar-refractivity contribution is 5.85. The third-order valence-corrected chi connectivity index (χ3v) is 3.59. The Morgan fingerprint density at radius 3 is 2.55 bits per heavy atom. The lowest BCUT2D eigenvalue weighted by molar-refractivity contribution is -0.124. The highest BCUT2D eigenvalue weighted by Gasteiger charge is 2.22. The molecule has 4 nitrogen and oxygen atoms in total. The van der Waals surface area contributed by atoms with Crippen molar-refractivity contribution in [2.24, 2.45) is 0 Å². The molecule has 1 aliphatic heterocycles. The first-order valence-electron chi connectivity index (χ1n) is 7.15. The predicted molar refractivity (Wildman–Crippen MR) is 82.5 cm³/mol. The van der Waals surface area contributed by atoms with Gasteiger partial charge in [0.1, 0.15) is 5.75 Å². The molecule has 1 aromatic carbocycles. The van der Waals surface area contributed by atoms with Crippen molar-refractivity contribution < 1.29 is 18.3 Å². The summed E-state index contributed by atoms with van der Waals surface area (Å²) < 4.78 is 28.4. The molecule has 2 rings (SSSR count). The first-order valence-corrected chi connectivity index (χ1v) is 7.15. The number of piperidine rings is 1. The Hall–Kier alpha value is -1.40. The summed E-state index contributed by atoms with van der Waals surface area (Å²) in [5, 5.41) is 6.13. The van der Waals surface area contributed by atoms with Crippen LogP contribution in [0.25, 0.3) is 0 Å². The number of alkyl halides is 2. The highest BCUT2D eigenvalue weighted by Crippen LogP contribution is 2.19. The van der Waals surface area contributed by atoms with Crippen molar-refractivity contribution in [3.05, 3.63) is 29.8 Å². The van der Waals surface area contributed by atoms with Crippen LogP contribution in [0.15, 0.2) is 24.3 Å². The zero-order valence-electron chi connectivity index (χ0n) is 12.4. The molecule has 0 aromatic heterocycles. The van der Waals surface area contributed by atoms with Crippen LogP contribution in [0, 0.1) is 0 Å². The SMILES string of the molecule is CC(NC(=O)C1CCCCN1)c1ccc(OC(F)F)cc1.Cl. The Labute approximate surface area is 135 Å². The van der Waals surface area contributed by atoms with E-state index in [1.54, 1.807) is 12.1 Å². The quantitative estimate of drug-likeness (QED) is 0.870. The molecule has 7 heteroatoms. The van der Waals surface area contributed by atoms with Gasteiger partial charge in [-0.25, -0.2) is 0 Å². The van der Waals surface area contributed by atoms with Crippen molar-refractivity contribution in [3.8, 4) is 5.75 Å². The molecule has 0 aliphatic carbocycles. The second kappa shape index (κ2) is 8.90. The van der Waals surface area contributed by atoms with Crippen LogP contribution in [-0.4, -0.2) is 25.1 Å². The van der Waals surface area contributed by atoms with Crippen molar-refractivity contribution in [1.29, 1.82) is 0 Å². The summed E-state index contributed by atoms with van der Waals surface area (Å²) in [7, 11) is 0. The minimum Gasteiger partial charge on any atom is -0.435 e. The number of nitrogens with one attached hydrogen (secondary N) is 2.